The molecule has 0 radical (unpaired) electrons. The molecule has 25 heavy (non-hydrogen) atoms. The zero-order chi connectivity index (χ0) is 19.4. The van der Waals surface area contributed by atoms with Crippen molar-refractivity contribution in [3.63, 3.8) is 0 Å². The Hall–Kier alpha value is -1.39. The summed E-state index contributed by atoms with van der Waals surface area (Å²) in [6.07, 6.45) is 0.0189. The summed E-state index contributed by atoms with van der Waals surface area (Å²) in [5.74, 6) is -0.352. The Labute approximate surface area is 149 Å². The lowest BCUT2D eigenvalue weighted by atomic mass is 9.83. The van der Waals surface area contributed by atoms with Crippen LogP contribution in [0.1, 0.15) is 40.0 Å². The monoisotopic (exact) mass is 379 g/mol. The van der Waals surface area contributed by atoms with E-state index in [0.717, 1.165) is 0 Å². The maximum absolute atomic E-state index is 12.2. The molecule has 1 aliphatic carbocycles. The molecule has 146 valence electrons. The topological polar surface area (TPSA) is 114 Å². The Morgan fingerprint density at radius 3 is 2.24 bits per heavy atom. The van der Waals surface area contributed by atoms with Crippen LogP contribution in [0.4, 0.5) is 4.79 Å². The quantitative estimate of drug-likeness (QED) is 0.724. The second-order valence-corrected chi connectivity index (χ2v) is 8.80. The summed E-state index contributed by atoms with van der Waals surface area (Å²) in [5, 5.41) is 0. The number of nitrogens with one attached hydrogen (secondary N) is 2. The van der Waals surface area contributed by atoms with Gasteiger partial charge in [-0.05, 0) is 40.0 Å². The van der Waals surface area contributed by atoms with Crippen LogP contribution in [0.25, 0.3) is 0 Å². The van der Waals surface area contributed by atoms with Crippen LogP contribution in [0.15, 0.2) is 0 Å². The first-order valence-electron chi connectivity index (χ1n) is 8.11. The van der Waals surface area contributed by atoms with E-state index >= 15 is 0 Å². The SMILES string of the molecule is CO[C@@H]1CC[C@H](C(=O)N(C)C)C[C@H]1NS(=O)(=O)NC(=O)OC(C)(C)C. The van der Waals surface area contributed by atoms with Crippen LogP contribution in [0.2, 0.25) is 0 Å². The third-order valence-corrected chi connectivity index (χ3v) is 4.85. The van der Waals surface area contributed by atoms with Gasteiger partial charge in [-0.15, -0.1) is 0 Å². The molecule has 10 heteroatoms. The average molecular weight is 379 g/mol. The molecule has 1 saturated carbocycles. The second-order valence-electron chi connectivity index (χ2n) is 7.35. The fraction of sp³-hybridized carbons (Fsp3) is 0.867. The molecule has 2 amide bonds. The maximum Gasteiger partial charge on any atom is 0.422 e. The molecule has 2 N–H and O–H groups in total. The van der Waals surface area contributed by atoms with Crippen molar-refractivity contribution in [3.05, 3.63) is 0 Å². The molecule has 0 aromatic carbocycles. The van der Waals surface area contributed by atoms with E-state index < -0.39 is 27.9 Å². The summed E-state index contributed by atoms with van der Waals surface area (Å²) in [6, 6.07) is -0.618. The molecular weight excluding hydrogens is 350 g/mol. The van der Waals surface area contributed by atoms with Crippen LogP contribution < -0.4 is 9.44 Å². The van der Waals surface area contributed by atoms with Crippen LogP contribution in [0.5, 0.6) is 0 Å². The van der Waals surface area contributed by atoms with Crippen molar-refractivity contribution in [2.45, 2.75) is 57.8 Å². The minimum Gasteiger partial charge on any atom is -0.443 e. The highest BCUT2D eigenvalue weighted by Gasteiger charge is 2.37. The fourth-order valence-corrected chi connectivity index (χ4v) is 3.74. The summed E-state index contributed by atoms with van der Waals surface area (Å²) in [6.45, 7) is 4.89. The number of hydrogen-bond acceptors (Lipinski definition) is 6. The van der Waals surface area contributed by atoms with Gasteiger partial charge in [0.2, 0.25) is 5.91 Å². The highest BCUT2D eigenvalue weighted by molar-refractivity contribution is 7.88. The van der Waals surface area contributed by atoms with E-state index in [1.165, 1.54) is 12.0 Å². The molecule has 0 aromatic rings. The number of nitrogens with zero attached hydrogens (tertiary/aromatic N) is 1. The Morgan fingerprint density at radius 1 is 1.16 bits per heavy atom. The number of carbonyl (C=O) groups is 2. The highest BCUT2D eigenvalue weighted by atomic mass is 32.2. The zero-order valence-corrected chi connectivity index (χ0v) is 16.5. The average Bonchev–Trinajstić information content (AvgIpc) is 2.42. The Kier molecular flexibility index (Phi) is 7.21. The van der Waals surface area contributed by atoms with Gasteiger partial charge in [0.25, 0.3) is 0 Å². The van der Waals surface area contributed by atoms with Gasteiger partial charge in [0.15, 0.2) is 0 Å². The third kappa shape index (κ3) is 7.17. The molecule has 9 nitrogen and oxygen atoms in total. The van der Waals surface area contributed by atoms with Crippen molar-refractivity contribution in [2.75, 3.05) is 21.2 Å². The summed E-state index contributed by atoms with van der Waals surface area (Å²) >= 11 is 0. The molecule has 0 spiro atoms. The van der Waals surface area contributed by atoms with E-state index in [9.17, 15) is 18.0 Å². The fourth-order valence-electron chi connectivity index (χ4n) is 2.78. The van der Waals surface area contributed by atoms with Gasteiger partial charge in [-0.2, -0.15) is 13.1 Å². The van der Waals surface area contributed by atoms with E-state index in [1.54, 1.807) is 34.9 Å². The summed E-state index contributed by atoms with van der Waals surface area (Å²) in [4.78, 5) is 25.3. The number of rotatable bonds is 5. The van der Waals surface area contributed by atoms with Crippen molar-refractivity contribution < 1.29 is 27.5 Å². The zero-order valence-electron chi connectivity index (χ0n) is 15.7. The highest BCUT2D eigenvalue weighted by Crippen LogP contribution is 2.28. The first kappa shape index (κ1) is 21.7. The van der Waals surface area contributed by atoms with E-state index in [2.05, 4.69) is 4.72 Å². The largest absolute Gasteiger partial charge is 0.443 e. The number of methoxy groups -OCH3 is 1. The molecule has 0 unspecified atom stereocenters. The Bertz CT molecular complexity index is 585. The van der Waals surface area contributed by atoms with Crippen LogP contribution in [0, 0.1) is 5.92 Å². The van der Waals surface area contributed by atoms with E-state index in [4.69, 9.17) is 9.47 Å². The van der Waals surface area contributed by atoms with Gasteiger partial charge in [-0.1, -0.05) is 0 Å². The normalized spacial score (nSPS) is 24.5. The first-order chi connectivity index (χ1) is 11.3. The predicted molar refractivity (Wildman–Crippen MR) is 92.0 cm³/mol. The van der Waals surface area contributed by atoms with Crippen molar-refractivity contribution in [1.29, 1.82) is 0 Å². The lowest BCUT2D eigenvalue weighted by Crippen LogP contribution is -2.53. The molecule has 1 fully saturated rings. The van der Waals surface area contributed by atoms with Crippen LogP contribution in [0.3, 0.4) is 0 Å². The Morgan fingerprint density at radius 2 is 1.76 bits per heavy atom. The van der Waals surface area contributed by atoms with Gasteiger partial charge >= 0.3 is 16.3 Å². The number of hydrogen-bond donors (Lipinski definition) is 2. The lowest BCUT2D eigenvalue weighted by Gasteiger charge is -2.35. The van der Waals surface area contributed by atoms with Gasteiger partial charge in [0, 0.05) is 27.1 Å². The van der Waals surface area contributed by atoms with Gasteiger partial charge in [0.05, 0.1) is 12.1 Å². The standard InChI is InChI=1S/C15H29N3O6S/c1-15(2,3)24-14(20)17-25(21,22)16-11-9-10(13(19)18(4)5)7-8-12(11)23-6/h10-12,16H,7-9H2,1-6H3,(H,17,20)/t10-,11+,12+/m0/s1. The van der Waals surface area contributed by atoms with Gasteiger partial charge < -0.3 is 14.4 Å². The molecule has 0 heterocycles. The molecule has 0 bridgehead atoms. The molecule has 0 saturated heterocycles. The summed E-state index contributed by atoms with van der Waals surface area (Å²) < 4.78 is 38.9. The number of ether oxygens (including phenoxy) is 2. The maximum atomic E-state index is 12.2. The van der Waals surface area contributed by atoms with Crippen molar-refractivity contribution in [1.82, 2.24) is 14.3 Å². The van der Waals surface area contributed by atoms with Crippen molar-refractivity contribution >= 4 is 22.2 Å². The molecule has 0 aliphatic heterocycles. The first-order valence-corrected chi connectivity index (χ1v) is 9.60. The van der Waals surface area contributed by atoms with E-state index in [0.29, 0.717) is 19.3 Å². The lowest BCUT2D eigenvalue weighted by molar-refractivity contribution is -0.135. The third-order valence-electron chi connectivity index (χ3n) is 3.80. The smallest absolute Gasteiger partial charge is 0.422 e. The van der Waals surface area contributed by atoms with Crippen LogP contribution in [-0.4, -0.2) is 64.3 Å². The van der Waals surface area contributed by atoms with Crippen LogP contribution >= 0.6 is 0 Å². The minimum absolute atomic E-state index is 0.0566. The summed E-state index contributed by atoms with van der Waals surface area (Å²) in [5.41, 5.74) is -0.817. The molecule has 3 atom stereocenters. The van der Waals surface area contributed by atoms with Crippen LogP contribution in [-0.2, 0) is 24.5 Å². The van der Waals surface area contributed by atoms with Gasteiger partial charge in [-0.3, -0.25) is 4.79 Å². The Balaban J connectivity index is 2.78. The molecule has 0 aromatic heterocycles. The predicted octanol–water partition coefficient (Wildman–Crippen LogP) is 0.617. The van der Waals surface area contributed by atoms with Gasteiger partial charge in [0.1, 0.15) is 5.60 Å². The number of amides is 2. The van der Waals surface area contributed by atoms with E-state index in [-0.39, 0.29) is 17.9 Å². The summed E-state index contributed by atoms with van der Waals surface area (Å²) in [7, 11) is 0.664. The molecule has 1 aliphatic rings. The van der Waals surface area contributed by atoms with Crippen molar-refractivity contribution in [3.8, 4) is 0 Å². The van der Waals surface area contributed by atoms with Crippen molar-refractivity contribution in [2.24, 2.45) is 5.92 Å². The minimum atomic E-state index is -4.14. The number of carbonyl (C=O) groups excluding carboxylic acids is 2. The van der Waals surface area contributed by atoms with E-state index in [1.807, 2.05) is 4.72 Å². The second kappa shape index (κ2) is 8.33. The molecule has 1 rings (SSSR count). The van der Waals surface area contributed by atoms with Gasteiger partial charge in [-0.25, -0.2) is 9.52 Å². The molecular formula is C15H29N3O6S.